The minimum Gasteiger partial charge on any atom is -0.353 e. The highest BCUT2D eigenvalue weighted by Crippen LogP contribution is 2.45. The van der Waals surface area contributed by atoms with Crippen molar-refractivity contribution in [2.24, 2.45) is 0 Å². The van der Waals surface area contributed by atoms with Gasteiger partial charge in [-0.1, -0.05) is 30.9 Å². The summed E-state index contributed by atoms with van der Waals surface area (Å²) in [6.07, 6.45) is 5.33. The minimum absolute atomic E-state index is 0.153. The number of nitrogens with one attached hydrogen (secondary N) is 1. The fourth-order valence-electron chi connectivity index (χ4n) is 3.77. The molecule has 0 unspecified atom stereocenters. The fraction of sp³-hybridized carbons (Fsp3) is 0.562. The van der Waals surface area contributed by atoms with E-state index in [1.54, 1.807) is 0 Å². The van der Waals surface area contributed by atoms with Crippen LogP contribution in [0.1, 0.15) is 46.0 Å². The van der Waals surface area contributed by atoms with Crippen molar-refractivity contribution in [3.63, 3.8) is 0 Å². The first-order valence-electron chi connectivity index (χ1n) is 7.45. The Morgan fingerprint density at radius 1 is 1.25 bits per heavy atom. The minimum atomic E-state index is -0.385. The molecule has 3 rings (SSSR count). The largest absolute Gasteiger partial charge is 0.353 e. The molecule has 3 nitrogen and oxygen atoms in total. The van der Waals surface area contributed by atoms with E-state index in [-0.39, 0.29) is 17.5 Å². The Bertz CT molecular complexity index is 535. The topological polar surface area (TPSA) is 32.3 Å². The number of amides is 1. The highest BCUT2D eigenvalue weighted by molar-refractivity contribution is 6.31. The predicted octanol–water partition coefficient (Wildman–Crippen LogP) is 4.21. The van der Waals surface area contributed by atoms with E-state index < -0.39 is 0 Å². The summed E-state index contributed by atoms with van der Waals surface area (Å²) in [5.74, 6) is 0.153. The van der Waals surface area contributed by atoms with Gasteiger partial charge < -0.3 is 10.2 Å². The zero-order valence-corrected chi connectivity index (χ0v) is 12.8. The van der Waals surface area contributed by atoms with Gasteiger partial charge in [0.1, 0.15) is 5.54 Å². The zero-order chi connectivity index (χ0) is 14.3. The van der Waals surface area contributed by atoms with Crippen molar-refractivity contribution in [1.29, 1.82) is 0 Å². The van der Waals surface area contributed by atoms with Crippen LogP contribution in [0.3, 0.4) is 0 Å². The molecule has 1 spiro atoms. The van der Waals surface area contributed by atoms with Crippen molar-refractivity contribution in [3.8, 4) is 0 Å². The molecular weight excluding hydrogens is 272 g/mol. The van der Waals surface area contributed by atoms with E-state index in [1.807, 2.05) is 18.2 Å². The lowest BCUT2D eigenvalue weighted by Gasteiger charge is -2.51. The quantitative estimate of drug-likeness (QED) is 0.841. The molecule has 1 N–H and O–H groups in total. The van der Waals surface area contributed by atoms with Gasteiger partial charge in [0.2, 0.25) is 5.91 Å². The van der Waals surface area contributed by atoms with Crippen molar-refractivity contribution < 1.29 is 4.79 Å². The van der Waals surface area contributed by atoms with Gasteiger partial charge in [0.25, 0.3) is 0 Å². The van der Waals surface area contributed by atoms with Gasteiger partial charge in [-0.05, 0) is 44.9 Å². The fourth-order valence-corrected chi connectivity index (χ4v) is 3.93. The van der Waals surface area contributed by atoms with Gasteiger partial charge in [-0.3, -0.25) is 4.79 Å². The Balaban J connectivity index is 2.14. The average molecular weight is 293 g/mol. The summed E-state index contributed by atoms with van der Waals surface area (Å²) in [6, 6.07) is 5.99. The van der Waals surface area contributed by atoms with Gasteiger partial charge in [-0.2, -0.15) is 0 Å². The first-order chi connectivity index (χ1) is 9.54. The van der Waals surface area contributed by atoms with E-state index in [1.165, 1.54) is 6.42 Å². The molecular formula is C16H21ClN2O. The number of carbonyl (C=O) groups excluding carboxylic acids is 1. The number of carbonyl (C=O) groups is 1. The second kappa shape index (κ2) is 4.96. The molecule has 0 atom stereocenters. The Morgan fingerprint density at radius 2 is 1.95 bits per heavy atom. The van der Waals surface area contributed by atoms with Crippen LogP contribution in [-0.2, 0) is 4.79 Å². The smallest absolute Gasteiger partial charge is 0.250 e. The molecule has 1 aliphatic heterocycles. The van der Waals surface area contributed by atoms with E-state index in [0.29, 0.717) is 0 Å². The van der Waals surface area contributed by atoms with Crippen molar-refractivity contribution in [2.45, 2.75) is 57.5 Å². The van der Waals surface area contributed by atoms with Crippen LogP contribution < -0.4 is 10.2 Å². The van der Waals surface area contributed by atoms with Gasteiger partial charge in [0.15, 0.2) is 0 Å². The molecule has 1 aromatic carbocycles. The molecule has 0 aromatic heterocycles. The van der Waals surface area contributed by atoms with Crippen molar-refractivity contribution >= 4 is 28.9 Å². The van der Waals surface area contributed by atoms with Crippen LogP contribution in [0.15, 0.2) is 18.2 Å². The molecule has 1 heterocycles. The summed E-state index contributed by atoms with van der Waals surface area (Å²) in [6.45, 7) is 4.30. The monoisotopic (exact) mass is 292 g/mol. The van der Waals surface area contributed by atoms with Crippen LogP contribution in [-0.4, -0.2) is 17.5 Å². The summed E-state index contributed by atoms with van der Waals surface area (Å²) in [7, 11) is 0. The number of hydrogen-bond acceptors (Lipinski definition) is 2. The maximum atomic E-state index is 12.7. The number of anilines is 2. The lowest BCUT2D eigenvalue weighted by molar-refractivity contribution is -0.123. The molecule has 0 saturated heterocycles. The molecule has 1 amide bonds. The molecule has 4 heteroatoms. The standard InChI is InChI=1S/C16H21ClN2O/c1-11(2)19-14-10-12(17)6-7-13(14)18-15(20)16(19)8-4-3-5-9-16/h6-7,10-11H,3-5,8-9H2,1-2H3,(H,18,20). The van der Waals surface area contributed by atoms with Gasteiger partial charge in [0, 0.05) is 11.1 Å². The van der Waals surface area contributed by atoms with Crippen LogP contribution >= 0.6 is 11.6 Å². The molecule has 0 bridgehead atoms. The summed E-state index contributed by atoms with van der Waals surface area (Å²) in [5, 5.41) is 3.81. The number of benzene rings is 1. The summed E-state index contributed by atoms with van der Waals surface area (Å²) < 4.78 is 0. The molecule has 1 aliphatic carbocycles. The lowest BCUT2D eigenvalue weighted by Crippen LogP contribution is -2.63. The Labute approximate surface area is 125 Å². The number of fused-ring (bicyclic) bond motifs is 1. The Morgan fingerprint density at radius 3 is 2.60 bits per heavy atom. The predicted molar refractivity (Wildman–Crippen MR) is 83.5 cm³/mol. The van der Waals surface area contributed by atoms with Gasteiger partial charge in [0.05, 0.1) is 11.4 Å². The molecule has 2 aliphatic rings. The summed E-state index contributed by atoms with van der Waals surface area (Å²) in [5.41, 5.74) is 1.56. The third kappa shape index (κ3) is 1.99. The number of rotatable bonds is 1. The number of halogens is 1. The first-order valence-corrected chi connectivity index (χ1v) is 7.83. The van der Waals surface area contributed by atoms with E-state index in [2.05, 4.69) is 24.1 Å². The number of hydrogen-bond donors (Lipinski definition) is 1. The van der Waals surface area contributed by atoms with Crippen LogP contribution in [0, 0.1) is 0 Å². The van der Waals surface area contributed by atoms with Crippen molar-refractivity contribution in [2.75, 3.05) is 10.2 Å². The summed E-state index contributed by atoms with van der Waals surface area (Å²) in [4.78, 5) is 15.0. The highest BCUT2D eigenvalue weighted by atomic mass is 35.5. The van der Waals surface area contributed by atoms with Crippen LogP contribution in [0.5, 0.6) is 0 Å². The Kier molecular flexibility index (Phi) is 3.41. The maximum Gasteiger partial charge on any atom is 0.250 e. The summed E-state index contributed by atoms with van der Waals surface area (Å²) >= 11 is 6.17. The van der Waals surface area contributed by atoms with Gasteiger partial charge >= 0.3 is 0 Å². The van der Waals surface area contributed by atoms with Crippen LogP contribution in [0.4, 0.5) is 11.4 Å². The van der Waals surface area contributed by atoms with Crippen LogP contribution in [0.2, 0.25) is 5.02 Å². The second-order valence-electron chi connectivity index (χ2n) is 6.17. The van der Waals surface area contributed by atoms with E-state index >= 15 is 0 Å². The van der Waals surface area contributed by atoms with E-state index in [4.69, 9.17) is 11.6 Å². The van der Waals surface area contributed by atoms with E-state index in [0.717, 1.165) is 42.1 Å². The highest BCUT2D eigenvalue weighted by Gasteiger charge is 2.49. The molecule has 1 aromatic rings. The van der Waals surface area contributed by atoms with Crippen molar-refractivity contribution in [3.05, 3.63) is 23.2 Å². The average Bonchev–Trinajstić information content (AvgIpc) is 2.41. The van der Waals surface area contributed by atoms with E-state index in [9.17, 15) is 4.79 Å². The zero-order valence-electron chi connectivity index (χ0n) is 12.1. The second-order valence-corrected chi connectivity index (χ2v) is 6.61. The SMILES string of the molecule is CC(C)N1c2cc(Cl)ccc2NC(=O)C12CCCCC2. The third-order valence-corrected chi connectivity index (χ3v) is 4.78. The van der Waals surface area contributed by atoms with Gasteiger partial charge in [-0.15, -0.1) is 0 Å². The molecule has 0 radical (unpaired) electrons. The molecule has 108 valence electrons. The number of nitrogens with zero attached hydrogens (tertiary/aromatic N) is 1. The van der Waals surface area contributed by atoms with Crippen LogP contribution in [0.25, 0.3) is 0 Å². The Hall–Kier alpha value is -1.22. The molecule has 1 saturated carbocycles. The normalized spacial score (nSPS) is 21.0. The van der Waals surface area contributed by atoms with Crippen molar-refractivity contribution in [1.82, 2.24) is 0 Å². The molecule has 20 heavy (non-hydrogen) atoms. The lowest BCUT2D eigenvalue weighted by atomic mass is 9.77. The maximum absolute atomic E-state index is 12.7. The molecule has 1 fully saturated rings. The van der Waals surface area contributed by atoms with Gasteiger partial charge in [-0.25, -0.2) is 0 Å². The first kappa shape index (κ1) is 13.7. The third-order valence-electron chi connectivity index (χ3n) is 4.55.